The molecule has 1 heterocycles. The molecule has 4 nitrogen and oxygen atoms in total. The van der Waals surface area contributed by atoms with E-state index in [1.807, 2.05) is 0 Å². The standard InChI is InChI=1S/C9H11BrF2N2O2/c1-4(3-6(15)16)14-5(2)7(10)8(13-14)9(11)12/h4,9H,3H2,1-2H3,(H,15,16)/t4-/m1/s1. The van der Waals surface area contributed by atoms with Crippen molar-refractivity contribution in [1.29, 1.82) is 0 Å². The molecule has 0 aromatic carbocycles. The molecule has 7 heteroatoms. The number of hydrogen-bond donors (Lipinski definition) is 1. The molecule has 0 fully saturated rings. The average molecular weight is 297 g/mol. The topological polar surface area (TPSA) is 55.1 Å². The van der Waals surface area contributed by atoms with Gasteiger partial charge in [-0.15, -0.1) is 0 Å². The lowest BCUT2D eigenvalue weighted by molar-refractivity contribution is -0.137. The van der Waals surface area contributed by atoms with E-state index in [0.717, 1.165) is 0 Å². The maximum absolute atomic E-state index is 12.5. The minimum absolute atomic E-state index is 0.155. The Morgan fingerprint density at radius 3 is 2.56 bits per heavy atom. The van der Waals surface area contributed by atoms with E-state index in [2.05, 4.69) is 21.0 Å². The van der Waals surface area contributed by atoms with Crippen LogP contribution in [0.3, 0.4) is 0 Å². The van der Waals surface area contributed by atoms with Crippen LogP contribution in [0.4, 0.5) is 8.78 Å². The predicted molar refractivity (Wildman–Crippen MR) is 56.6 cm³/mol. The first-order chi connectivity index (χ1) is 7.34. The third-order valence-electron chi connectivity index (χ3n) is 2.20. The summed E-state index contributed by atoms with van der Waals surface area (Å²) in [6, 6.07) is -0.457. The van der Waals surface area contributed by atoms with Crippen molar-refractivity contribution in [2.45, 2.75) is 32.7 Å². The minimum Gasteiger partial charge on any atom is -0.481 e. The van der Waals surface area contributed by atoms with E-state index >= 15 is 0 Å². The maximum Gasteiger partial charge on any atom is 0.305 e. The molecule has 0 saturated heterocycles. The summed E-state index contributed by atoms with van der Waals surface area (Å²) in [5, 5.41) is 12.3. The zero-order valence-corrected chi connectivity index (χ0v) is 10.3. The van der Waals surface area contributed by atoms with Gasteiger partial charge in [-0.05, 0) is 29.8 Å². The molecule has 0 aliphatic heterocycles. The maximum atomic E-state index is 12.5. The molecular weight excluding hydrogens is 286 g/mol. The van der Waals surface area contributed by atoms with Gasteiger partial charge in [0, 0.05) is 0 Å². The van der Waals surface area contributed by atoms with Gasteiger partial charge in [0.15, 0.2) is 0 Å². The Balaban J connectivity index is 3.06. The lowest BCUT2D eigenvalue weighted by Crippen LogP contribution is -2.13. The van der Waals surface area contributed by atoms with E-state index in [4.69, 9.17) is 5.11 Å². The molecule has 1 rings (SSSR count). The second-order valence-electron chi connectivity index (χ2n) is 3.48. The molecule has 1 N–H and O–H groups in total. The number of carboxylic acids is 1. The molecule has 0 aliphatic carbocycles. The highest BCUT2D eigenvalue weighted by Gasteiger charge is 2.23. The number of aliphatic carboxylic acids is 1. The first kappa shape index (κ1) is 13.1. The van der Waals surface area contributed by atoms with E-state index in [9.17, 15) is 13.6 Å². The highest BCUT2D eigenvalue weighted by atomic mass is 79.9. The summed E-state index contributed by atoms with van der Waals surface area (Å²) in [5.41, 5.74) is 0.152. The molecule has 16 heavy (non-hydrogen) atoms. The third-order valence-corrected chi connectivity index (χ3v) is 3.18. The molecular formula is C9H11BrF2N2O2. The highest BCUT2D eigenvalue weighted by Crippen LogP contribution is 2.30. The third kappa shape index (κ3) is 2.58. The Bertz CT molecular complexity index is 406. The van der Waals surface area contributed by atoms with Crippen molar-refractivity contribution in [3.63, 3.8) is 0 Å². The fourth-order valence-corrected chi connectivity index (χ4v) is 1.86. The van der Waals surface area contributed by atoms with Crippen molar-refractivity contribution < 1.29 is 18.7 Å². The van der Waals surface area contributed by atoms with E-state index in [-0.39, 0.29) is 16.6 Å². The van der Waals surface area contributed by atoms with Crippen molar-refractivity contribution in [3.8, 4) is 0 Å². The summed E-state index contributed by atoms with van der Waals surface area (Å²) in [6.45, 7) is 3.23. The molecule has 0 unspecified atom stereocenters. The van der Waals surface area contributed by atoms with Crippen molar-refractivity contribution >= 4 is 21.9 Å². The number of nitrogens with zero attached hydrogens (tertiary/aromatic N) is 2. The molecule has 1 aromatic rings. The lowest BCUT2D eigenvalue weighted by Gasteiger charge is -2.11. The van der Waals surface area contributed by atoms with E-state index in [1.165, 1.54) is 4.68 Å². The minimum atomic E-state index is -2.67. The van der Waals surface area contributed by atoms with Gasteiger partial charge in [-0.25, -0.2) is 8.78 Å². The van der Waals surface area contributed by atoms with Crippen LogP contribution in [0.2, 0.25) is 0 Å². The predicted octanol–water partition coefficient (Wildman–Crippen LogP) is 2.93. The van der Waals surface area contributed by atoms with Crippen LogP contribution in [0.25, 0.3) is 0 Å². The summed E-state index contributed by atoms with van der Waals surface area (Å²) in [4.78, 5) is 10.5. The lowest BCUT2D eigenvalue weighted by atomic mass is 10.2. The van der Waals surface area contributed by atoms with E-state index in [1.54, 1.807) is 13.8 Å². The van der Waals surface area contributed by atoms with Crippen LogP contribution in [0.5, 0.6) is 0 Å². The monoisotopic (exact) mass is 296 g/mol. The molecule has 1 aromatic heterocycles. The Kier molecular flexibility index (Phi) is 4.01. The average Bonchev–Trinajstić information content (AvgIpc) is 2.43. The van der Waals surface area contributed by atoms with Gasteiger partial charge in [0.2, 0.25) is 0 Å². The van der Waals surface area contributed by atoms with E-state index in [0.29, 0.717) is 5.69 Å². The zero-order chi connectivity index (χ0) is 12.5. The molecule has 90 valence electrons. The molecule has 0 radical (unpaired) electrons. The summed E-state index contributed by atoms with van der Waals surface area (Å²) >= 11 is 3.03. The van der Waals surface area contributed by atoms with Crippen molar-refractivity contribution in [2.24, 2.45) is 0 Å². The second-order valence-corrected chi connectivity index (χ2v) is 4.27. The van der Waals surface area contributed by atoms with Gasteiger partial charge in [-0.1, -0.05) is 0 Å². The summed E-state index contributed by atoms with van der Waals surface area (Å²) in [7, 11) is 0. The quantitative estimate of drug-likeness (QED) is 0.929. The number of hydrogen-bond acceptors (Lipinski definition) is 2. The van der Waals surface area contributed by atoms with Crippen LogP contribution >= 0.6 is 15.9 Å². The van der Waals surface area contributed by atoms with Crippen molar-refractivity contribution in [3.05, 3.63) is 15.9 Å². The van der Waals surface area contributed by atoms with Crippen molar-refractivity contribution in [2.75, 3.05) is 0 Å². The first-order valence-corrected chi connectivity index (χ1v) is 5.38. The van der Waals surface area contributed by atoms with Gasteiger partial charge in [0.1, 0.15) is 5.69 Å². The number of aromatic nitrogens is 2. The molecule has 0 aliphatic rings. The van der Waals surface area contributed by atoms with E-state index < -0.39 is 18.4 Å². The summed E-state index contributed by atoms with van der Waals surface area (Å²) in [5.74, 6) is -0.989. The Morgan fingerprint density at radius 1 is 1.62 bits per heavy atom. The fourth-order valence-electron chi connectivity index (χ4n) is 1.43. The van der Waals surface area contributed by atoms with Crippen LogP contribution < -0.4 is 0 Å². The molecule has 0 amide bonds. The molecule has 0 saturated carbocycles. The fraction of sp³-hybridized carbons (Fsp3) is 0.556. The number of halogens is 3. The van der Waals surface area contributed by atoms with Crippen LogP contribution in [0.15, 0.2) is 4.47 Å². The Hall–Kier alpha value is -0.980. The van der Waals surface area contributed by atoms with Crippen LogP contribution in [0.1, 0.15) is 37.2 Å². The second kappa shape index (κ2) is 4.90. The normalized spacial score (nSPS) is 13.1. The summed E-state index contributed by atoms with van der Waals surface area (Å²) in [6.07, 6.45) is -2.83. The van der Waals surface area contributed by atoms with Crippen molar-refractivity contribution in [1.82, 2.24) is 9.78 Å². The first-order valence-electron chi connectivity index (χ1n) is 4.59. The molecule has 0 bridgehead atoms. The smallest absolute Gasteiger partial charge is 0.305 e. The number of alkyl halides is 2. The molecule has 1 atom stereocenters. The highest BCUT2D eigenvalue weighted by molar-refractivity contribution is 9.10. The number of rotatable bonds is 4. The summed E-state index contributed by atoms with van der Waals surface area (Å²) < 4.78 is 26.6. The Morgan fingerprint density at radius 2 is 2.19 bits per heavy atom. The van der Waals surface area contributed by atoms with Gasteiger partial charge < -0.3 is 5.11 Å². The van der Waals surface area contributed by atoms with Crippen LogP contribution in [0, 0.1) is 6.92 Å². The van der Waals surface area contributed by atoms with Gasteiger partial charge in [-0.2, -0.15) is 5.10 Å². The van der Waals surface area contributed by atoms with Gasteiger partial charge in [0.05, 0.1) is 22.6 Å². The largest absolute Gasteiger partial charge is 0.481 e. The van der Waals surface area contributed by atoms with Gasteiger partial charge in [-0.3, -0.25) is 9.48 Å². The van der Waals surface area contributed by atoms with Gasteiger partial charge in [0.25, 0.3) is 6.43 Å². The van der Waals surface area contributed by atoms with Crippen LogP contribution in [-0.4, -0.2) is 20.9 Å². The number of carbonyl (C=O) groups is 1. The SMILES string of the molecule is Cc1c(Br)c(C(F)F)nn1[C@H](C)CC(=O)O. The van der Waals surface area contributed by atoms with Gasteiger partial charge >= 0.3 is 5.97 Å². The molecule has 0 spiro atoms. The number of carboxylic acid groups (broad SMARTS) is 1. The Labute approximate surface area is 99.4 Å². The zero-order valence-electron chi connectivity index (χ0n) is 8.75. The van der Waals surface area contributed by atoms with Crippen LogP contribution in [-0.2, 0) is 4.79 Å².